The number of hydrogen-bond donors (Lipinski definition) is 0. The van der Waals surface area contributed by atoms with E-state index < -0.39 is 0 Å². The third-order valence-electron chi connectivity index (χ3n) is 9.32. The molecule has 3 aromatic heterocycles. The van der Waals surface area contributed by atoms with Crippen molar-refractivity contribution in [3.63, 3.8) is 0 Å². The molecule has 0 aliphatic carbocycles. The highest BCUT2D eigenvalue weighted by molar-refractivity contribution is 7.25. The standard InChI is InChI=1S/C42H26N2S/c1-2-11-28(12-3-1)44-35-17-7-4-13-31(35)32-25-26-37-41(42(32)44)33-14-5-8-18-36(33)43(37)29-23-21-27(22-24-29)30-16-10-20-39-40(30)34-15-6-9-19-38(34)45-39/h1-26H. The minimum atomic E-state index is 1.16. The number of fused-ring (bicyclic) bond motifs is 10. The maximum atomic E-state index is 2.44. The molecule has 0 fully saturated rings. The molecule has 3 heterocycles. The van der Waals surface area contributed by atoms with Crippen molar-refractivity contribution in [1.29, 1.82) is 0 Å². The van der Waals surface area contributed by atoms with Crippen molar-refractivity contribution in [3.8, 4) is 22.5 Å². The largest absolute Gasteiger partial charge is 0.309 e. The van der Waals surface area contributed by atoms with Gasteiger partial charge in [-0.2, -0.15) is 0 Å². The fourth-order valence-electron chi connectivity index (χ4n) is 7.44. The molecule has 0 unspecified atom stereocenters. The molecule has 0 atom stereocenters. The third-order valence-corrected chi connectivity index (χ3v) is 10.5. The molecular formula is C42H26N2S. The number of nitrogens with zero attached hydrogens (tertiary/aromatic N) is 2. The molecule has 7 aromatic carbocycles. The van der Waals surface area contributed by atoms with Crippen molar-refractivity contribution >= 4 is 75.1 Å². The van der Waals surface area contributed by atoms with E-state index in [0.29, 0.717) is 0 Å². The van der Waals surface area contributed by atoms with E-state index in [4.69, 9.17) is 0 Å². The Labute approximate surface area is 263 Å². The van der Waals surface area contributed by atoms with Crippen LogP contribution in [0.5, 0.6) is 0 Å². The second-order valence-electron chi connectivity index (χ2n) is 11.7. The topological polar surface area (TPSA) is 9.86 Å². The maximum absolute atomic E-state index is 2.44. The summed E-state index contributed by atoms with van der Waals surface area (Å²) >= 11 is 1.87. The molecule has 3 heteroatoms. The lowest BCUT2D eigenvalue weighted by atomic mass is 9.99. The number of aromatic nitrogens is 2. The second kappa shape index (κ2) is 9.43. The lowest BCUT2D eigenvalue weighted by Crippen LogP contribution is -1.95. The predicted octanol–water partition coefficient (Wildman–Crippen LogP) is 11.9. The van der Waals surface area contributed by atoms with Gasteiger partial charge in [0, 0.05) is 53.1 Å². The van der Waals surface area contributed by atoms with Crippen LogP contribution in [0, 0.1) is 0 Å². The van der Waals surface area contributed by atoms with Gasteiger partial charge < -0.3 is 9.13 Å². The van der Waals surface area contributed by atoms with Crippen molar-refractivity contribution in [2.75, 3.05) is 0 Å². The van der Waals surface area contributed by atoms with E-state index in [1.807, 2.05) is 11.3 Å². The normalized spacial score (nSPS) is 12.0. The third kappa shape index (κ3) is 3.50. The maximum Gasteiger partial charge on any atom is 0.0641 e. The van der Waals surface area contributed by atoms with E-state index in [9.17, 15) is 0 Å². The summed E-state index contributed by atoms with van der Waals surface area (Å²) in [7, 11) is 0. The van der Waals surface area contributed by atoms with Crippen LogP contribution in [0.3, 0.4) is 0 Å². The first-order valence-corrected chi connectivity index (χ1v) is 16.2. The zero-order valence-corrected chi connectivity index (χ0v) is 25.1. The van der Waals surface area contributed by atoms with Gasteiger partial charge in [-0.3, -0.25) is 0 Å². The Morgan fingerprint density at radius 2 is 1.00 bits per heavy atom. The molecule has 0 saturated heterocycles. The summed E-state index contributed by atoms with van der Waals surface area (Å²) < 4.78 is 7.54. The quantitative estimate of drug-likeness (QED) is 0.194. The Morgan fingerprint density at radius 1 is 0.356 bits per heavy atom. The molecule has 0 saturated carbocycles. The number of benzene rings is 7. The van der Waals surface area contributed by atoms with Gasteiger partial charge in [0.2, 0.25) is 0 Å². The summed E-state index contributed by atoms with van der Waals surface area (Å²) in [5.74, 6) is 0. The molecule has 0 spiro atoms. The van der Waals surface area contributed by atoms with Crippen LogP contribution in [-0.4, -0.2) is 9.13 Å². The van der Waals surface area contributed by atoms with E-state index in [2.05, 4.69) is 167 Å². The van der Waals surface area contributed by atoms with Gasteiger partial charge in [-0.05, 0) is 65.7 Å². The van der Waals surface area contributed by atoms with Gasteiger partial charge in [-0.1, -0.05) is 103 Å². The van der Waals surface area contributed by atoms with Crippen LogP contribution < -0.4 is 0 Å². The molecule has 10 aromatic rings. The van der Waals surface area contributed by atoms with Gasteiger partial charge in [0.1, 0.15) is 0 Å². The highest BCUT2D eigenvalue weighted by Gasteiger charge is 2.20. The molecule has 0 aliphatic rings. The second-order valence-corrected chi connectivity index (χ2v) is 12.8. The molecule has 0 amide bonds. The van der Waals surface area contributed by atoms with Crippen molar-refractivity contribution in [2.24, 2.45) is 0 Å². The van der Waals surface area contributed by atoms with E-state index in [1.54, 1.807) is 0 Å². The number of hydrogen-bond acceptors (Lipinski definition) is 1. The molecule has 0 radical (unpaired) electrons. The van der Waals surface area contributed by atoms with Gasteiger partial charge in [-0.15, -0.1) is 11.3 Å². The van der Waals surface area contributed by atoms with E-state index in [1.165, 1.54) is 80.6 Å². The fourth-order valence-corrected chi connectivity index (χ4v) is 8.57. The SMILES string of the molecule is c1ccc(-n2c3ccccc3c3ccc4c(c5ccccc5n4-c4ccc(-c5cccc6sc7ccccc7c56)cc4)c32)cc1. The molecule has 210 valence electrons. The minimum absolute atomic E-state index is 1.16. The number of para-hydroxylation sites is 3. The van der Waals surface area contributed by atoms with Crippen LogP contribution in [0.25, 0.3) is 86.3 Å². The minimum Gasteiger partial charge on any atom is -0.309 e. The zero-order valence-electron chi connectivity index (χ0n) is 24.3. The van der Waals surface area contributed by atoms with Gasteiger partial charge in [0.05, 0.1) is 22.1 Å². The first-order chi connectivity index (χ1) is 22.3. The van der Waals surface area contributed by atoms with Crippen molar-refractivity contribution in [1.82, 2.24) is 9.13 Å². The van der Waals surface area contributed by atoms with Gasteiger partial charge in [-0.25, -0.2) is 0 Å². The molecule has 2 nitrogen and oxygen atoms in total. The van der Waals surface area contributed by atoms with Crippen LogP contribution in [-0.2, 0) is 0 Å². The number of thiophene rings is 1. The monoisotopic (exact) mass is 590 g/mol. The Kier molecular flexibility index (Phi) is 5.19. The Bertz CT molecular complexity index is 2740. The molecule has 10 rings (SSSR count). The van der Waals surface area contributed by atoms with E-state index in [0.717, 1.165) is 5.69 Å². The predicted molar refractivity (Wildman–Crippen MR) is 193 cm³/mol. The van der Waals surface area contributed by atoms with Gasteiger partial charge in [0.25, 0.3) is 0 Å². The van der Waals surface area contributed by atoms with E-state index in [-0.39, 0.29) is 0 Å². The first-order valence-electron chi connectivity index (χ1n) is 15.4. The molecule has 0 bridgehead atoms. The van der Waals surface area contributed by atoms with E-state index >= 15 is 0 Å². The average molecular weight is 591 g/mol. The smallest absolute Gasteiger partial charge is 0.0641 e. The molecule has 0 N–H and O–H groups in total. The molecule has 0 aliphatic heterocycles. The lowest BCUT2D eigenvalue weighted by molar-refractivity contribution is 1.17. The number of rotatable bonds is 3. The van der Waals surface area contributed by atoms with Gasteiger partial charge in [0.15, 0.2) is 0 Å². The lowest BCUT2D eigenvalue weighted by Gasteiger charge is -2.11. The summed E-state index contributed by atoms with van der Waals surface area (Å²) in [6.07, 6.45) is 0. The average Bonchev–Trinajstić information content (AvgIpc) is 3.76. The van der Waals surface area contributed by atoms with Crippen LogP contribution in [0.15, 0.2) is 158 Å². The van der Waals surface area contributed by atoms with Crippen LogP contribution in [0.4, 0.5) is 0 Å². The van der Waals surface area contributed by atoms with Crippen molar-refractivity contribution in [2.45, 2.75) is 0 Å². The van der Waals surface area contributed by atoms with Gasteiger partial charge >= 0.3 is 0 Å². The Hall–Kier alpha value is -5.64. The summed E-state index contributed by atoms with van der Waals surface area (Å²) in [6, 6.07) is 57.6. The summed E-state index contributed by atoms with van der Waals surface area (Å²) in [5.41, 5.74) is 9.76. The zero-order chi connectivity index (χ0) is 29.5. The molecular weight excluding hydrogens is 565 g/mol. The highest BCUT2D eigenvalue weighted by Crippen LogP contribution is 2.43. The fraction of sp³-hybridized carbons (Fsp3) is 0. The van der Waals surface area contributed by atoms with Crippen molar-refractivity contribution < 1.29 is 0 Å². The summed E-state index contributed by atoms with van der Waals surface area (Å²) in [5, 5.41) is 7.76. The van der Waals surface area contributed by atoms with Crippen LogP contribution >= 0.6 is 11.3 Å². The van der Waals surface area contributed by atoms with Crippen LogP contribution in [0.1, 0.15) is 0 Å². The summed E-state index contributed by atoms with van der Waals surface area (Å²) in [4.78, 5) is 0. The first kappa shape index (κ1) is 24.8. The molecule has 45 heavy (non-hydrogen) atoms. The van der Waals surface area contributed by atoms with Crippen LogP contribution in [0.2, 0.25) is 0 Å². The summed E-state index contributed by atoms with van der Waals surface area (Å²) in [6.45, 7) is 0. The Balaban J connectivity index is 1.24. The van der Waals surface area contributed by atoms with Crippen molar-refractivity contribution in [3.05, 3.63) is 158 Å². The Morgan fingerprint density at radius 3 is 1.82 bits per heavy atom. The highest BCUT2D eigenvalue weighted by atomic mass is 32.1.